The van der Waals surface area contributed by atoms with Crippen molar-refractivity contribution in [2.75, 3.05) is 31.6 Å². The van der Waals surface area contributed by atoms with E-state index in [9.17, 15) is 9.59 Å². The van der Waals surface area contributed by atoms with Gasteiger partial charge in [0.05, 0.1) is 6.10 Å². The molecule has 3 amide bonds. The van der Waals surface area contributed by atoms with Crippen molar-refractivity contribution in [1.29, 1.82) is 0 Å². The van der Waals surface area contributed by atoms with Crippen LogP contribution in [0.2, 0.25) is 0 Å². The summed E-state index contributed by atoms with van der Waals surface area (Å²) < 4.78 is 5.81. The van der Waals surface area contributed by atoms with Crippen molar-refractivity contribution in [3.8, 4) is 0 Å². The highest BCUT2D eigenvalue weighted by Gasteiger charge is 2.22. The minimum Gasteiger partial charge on any atom is -0.378 e. The minimum absolute atomic E-state index is 0.0817. The van der Waals surface area contributed by atoms with Crippen LogP contribution in [0.1, 0.15) is 67.8 Å². The summed E-state index contributed by atoms with van der Waals surface area (Å²) in [5.41, 5.74) is 2.31. The lowest BCUT2D eigenvalue weighted by molar-refractivity contribution is 0.0572. The fraction of sp³-hybridized carbons (Fsp3) is 0.652. The lowest BCUT2D eigenvalue weighted by Crippen LogP contribution is -2.38. The van der Waals surface area contributed by atoms with Gasteiger partial charge in [-0.15, -0.1) is 0 Å². The number of nitrogens with zero attached hydrogens (tertiary/aromatic N) is 1. The Bertz CT molecular complexity index is 693. The number of anilines is 1. The topological polar surface area (TPSA) is 70.7 Å². The standard InChI is InChI=1S/C23H35N3O3/c1-17-10-13-26(14-11-17)22(27)19-8-9-21(18(2)16-19)25-23(28)24-12-5-15-29-20-6-3-4-7-20/h8-9,16-17,20H,3-7,10-15H2,1-2H3,(H2,24,25,28). The van der Waals surface area contributed by atoms with Crippen molar-refractivity contribution >= 4 is 17.6 Å². The maximum absolute atomic E-state index is 12.7. The molecule has 0 spiro atoms. The molecule has 29 heavy (non-hydrogen) atoms. The van der Waals surface area contributed by atoms with E-state index in [0.717, 1.165) is 43.6 Å². The predicted octanol–water partition coefficient (Wildman–Crippen LogP) is 4.34. The van der Waals surface area contributed by atoms with Crippen molar-refractivity contribution in [2.45, 2.75) is 64.9 Å². The van der Waals surface area contributed by atoms with Gasteiger partial charge in [-0.1, -0.05) is 19.8 Å². The van der Waals surface area contributed by atoms with Gasteiger partial charge >= 0.3 is 6.03 Å². The van der Waals surface area contributed by atoms with Crippen LogP contribution in [-0.4, -0.2) is 49.2 Å². The summed E-state index contributed by atoms with van der Waals surface area (Å²) in [7, 11) is 0. The number of aryl methyl sites for hydroxylation is 1. The summed E-state index contributed by atoms with van der Waals surface area (Å²) in [4.78, 5) is 26.8. The maximum atomic E-state index is 12.7. The molecule has 1 aliphatic heterocycles. The number of nitrogens with one attached hydrogen (secondary N) is 2. The number of piperidine rings is 1. The Kier molecular flexibility index (Phi) is 7.92. The Morgan fingerprint density at radius 1 is 1.14 bits per heavy atom. The Hall–Kier alpha value is -2.08. The first-order valence-electron chi connectivity index (χ1n) is 11.1. The lowest BCUT2D eigenvalue weighted by atomic mass is 9.98. The van der Waals surface area contributed by atoms with Crippen LogP contribution in [0.3, 0.4) is 0 Å². The zero-order chi connectivity index (χ0) is 20.6. The molecule has 3 rings (SSSR count). The summed E-state index contributed by atoms with van der Waals surface area (Å²) in [5.74, 6) is 0.776. The highest BCUT2D eigenvalue weighted by Crippen LogP contribution is 2.22. The van der Waals surface area contributed by atoms with Crippen molar-refractivity contribution in [1.82, 2.24) is 10.2 Å². The van der Waals surface area contributed by atoms with Crippen molar-refractivity contribution in [3.05, 3.63) is 29.3 Å². The molecule has 2 N–H and O–H groups in total. The van der Waals surface area contributed by atoms with Gasteiger partial charge in [-0.2, -0.15) is 0 Å². The lowest BCUT2D eigenvalue weighted by Gasteiger charge is -2.30. The molecule has 0 aromatic heterocycles. The molecular formula is C23H35N3O3. The first-order chi connectivity index (χ1) is 14.0. The van der Waals surface area contributed by atoms with E-state index in [0.29, 0.717) is 30.7 Å². The number of likely N-dealkylation sites (tertiary alicyclic amines) is 1. The van der Waals surface area contributed by atoms with Crippen LogP contribution in [0.5, 0.6) is 0 Å². The van der Waals surface area contributed by atoms with Crippen LogP contribution in [0.25, 0.3) is 0 Å². The van der Waals surface area contributed by atoms with Gasteiger partial charge in [0.15, 0.2) is 0 Å². The fourth-order valence-corrected chi connectivity index (χ4v) is 4.08. The molecule has 1 aromatic rings. The molecular weight excluding hydrogens is 366 g/mol. The van der Waals surface area contributed by atoms with E-state index in [-0.39, 0.29) is 11.9 Å². The predicted molar refractivity (Wildman–Crippen MR) is 115 cm³/mol. The molecule has 0 bridgehead atoms. The van der Waals surface area contributed by atoms with E-state index in [2.05, 4.69) is 17.6 Å². The fourth-order valence-electron chi connectivity index (χ4n) is 4.08. The smallest absolute Gasteiger partial charge is 0.319 e. The first-order valence-corrected chi connectivity index (χ1v) is 11.1. The van der Waals surface area contributed by atoms with Crippen molar-refractivity contribution in [3.63, 3.8) is 0 Å². The molecule has 6 nitrogen and oxygen atoms in total. The molecule has 2 aliphatic rings. The van der Waals surface area contributed by atoms with E-state index in [1.165, 1.54) is 25.7 Å². The van der Waals surface area contributed by atoms with Crippen molar-refractivity contribution in [2.24, 2.45) is 5.92 Å². The van der Waals surface area contributed by atoms with Crippen LogP contribution in [-0.2, 0) is 4.74 Å². The highest BCUT2D eigenvalue weighted by atomic mass is 16.5. The quantitative estimate of drug-likeness (QED) is 0.668. The second-order valence-electron chi connectivity index (χ2n) is 8.52. The monoisotopic (exact) mass is 401 g/mol. The zero-order valence-electron chi connectivity index (χ0n) is 17.8. The Labute approximate surface area is 174 Å². The molecule has 1 aromatic carbocycles. The van der Waals surface area contributed by atoms with E-state index in [1.54, 1.807) is 6.07 Å². The minimum atomic E-state index is -0.224. The number of ether oxygens (including phenoxy) is 1. The first kappa shape index (κ1) is 21.6. The van der Waals surface area contributed by atoms with Gasteiger partial charge in [0, 0.05) is 37.5 Å². The Balaban J connectivity index is 1.41. The second-order valence-corrected chi connectivity index (χ2v) is 8.52. The van der Waals surface area contributed by atoms with Crippen LogP contribution in [0, 0.1) is 12.8 Å². The molecule has 1 saturated heterocycles. The van der Waals surface area contributed by atoms with Crippen LogP contribution in [0.15, 0.2) is 18.2 Å². The van der Waals surface area contributed by atoms with Crippen LogP contribution < -0.4 is 10.6 Å². The average Bonchev–Trinajstić information content (AvgIpc) is 3.23. The van der Waals surface area contributed by atoms with Gasteiger partial charge in [0.1, 0.15) is 0 Å². The zero-order valence-corrected chi connectivity index (χ0v) is 17.8. The molecule has 160 valence electrons. The summed E-state index contributed by atoms with van der Waals surface area (Å²) in [6.07, 6.45) is 8.24. The summed E-state index contributed by atoms with van der Waals surface area (Å²) in [6.45, 7) is 7.08. The maximum Gasteiger partial charge on any atom is 0.319 e. The number of carbonyl (C=O) groups excluding carboxylic acids is 2. The van der Waals surface area contributed by atoms with Gasteiger partial charge in [-0.05, 0) is 68.7 Å². The molecule has 2 fully saturated rings. The molecule has 0 unspecified atom stereocenters. The van der Waals surface area contributed by atoms with E-state index in [4.69, 9.17) is 4.74 Å². The van der Waals surface area contributed by atoms with E-state index < -0.39 is 0 Å². The molecule has 1 heterocycles. The number of urea groups is 1. The van der Waals surface area contributed by atoms with Crippen molar-refractivity contribution < 1.29 is 14.3 Å². The molecule has 0 atom stereocenters. The molecule has 6 heteroatoms. The number of rotatable bonds is 7. The Morgan fingerprint density at radius 2 is 1.86 bits per heavy atom. The van der Waals surface area contributed by atoms with Gasteiger partial charge in [-0.25, -0.2) is 4.79 Å². The number of carbonyl (C=O) groups is 2. The van der Waals surface area contributed by atoms with Crippen LogP contribution >= 0.6 is 0 Å². The number of hydrogen-bond acceptors (Lipinski definition) is 3. The normalized spacial score (nSPS) is 18.1. The third-order valence-electron chi connectivity index (χ3n) is 6.05. The molecule has 0 radical (unpaired) electrons. The SMILES string of the molecule is Cc1cc(C(=O)N2CCC(C)CC2)ccc1NC(=O)NCCCOC1CCCC1. The summed E-state index contributed by atoms with van der Waals surface area (Å²) in [6, 6.07) is 5.26. The second kappa shape index (κ2) is 10.6. The van der Waals surface area contributed by atoms with Gasteiger partial charge in [-0.3, -0.25) is 4.79 Å². The van der Waals surface area contributed by atoms with Gasteiger partial charge in [0.2, 0.25) is 0 Å². The highest BCUT2D eigenvalue weighted by molar-refractivity contribution is 5.96. The Morgan fingerprint density at radius 3 is 2.55 bits per heavy atom. The summed E-state index contributed by atoms with van der Waals surface area (Å²) in [5, 5.41) is 5.75. The number of benzene rings is 1. The number of hydrogen-bond donors (Lipinski definition) is 2. The van der Waals surface area contributed by atoms with E-state index in [1.807, 2.05) is 24.0 Å². The van der Waals surface area contributed by atoms with E-state index >= 15 is 0 Å². The number of amides is 3. The van der Waals surface area contributed by atoms with Crippen LogP contribution in [0.4, 0.5) is 10.5 Å². The largest absolute Gasteiger partial charge is 0.378 e. The molecule has 1 aliphatic carbocycles. The average molecular weight is 402 g/mol. The third kappa shape index (κ3) is 6.46. The summed E-state index contributed by atoms with van der Waals surface area (Å²) >= 11 is 0. The van der Waals surface area contributed by atoms with Gasteiger partial charge < -0.3 is 20.3 Å². The van der Waals surface area contributed by atoms with Gasteiger partial charge in [0.25, 0.3) is 5.91 Å². The molecule has 1 saturated carbocycles. The third-order valence-corrected chi connectivity index (χ3v) is 6.05.